The maximum absolute atomic E-state index is 12.1. The van der Waals surface area contributed by atoms with E-state index in [1.807, 2.05) is 20.8 Å². The van der Waals surface area contributed by atoms with Crippen LogP contribution in [0.5, 0.6) is 0 Å². The van der Waals surface area contributed by atoms with Crippen molar-refractivity contribution in [3.63, 3.8) is 0 Å². The minimum absolute atomic E-state index is 0.144. The van der Waals surface area contributed by atoms with Crippen molar-refractivity contribution in [2.24, 2.45) is 17.1 Å². The lowest BCUT2D eigenvalue weighted by molar-refractivity contribution is 0.302. The molecule has 0 aromatic rings. The Hall–Kier alpha value is -0.130. The topological polar surface area (TPSA) is 72.2 Å². The van der Waals surface area contributed by atoms with Crippen LogP contribution in [0.1, 0.15) is 52.9 Å². The van der Waals surface area contributed by atoms with Crippen molar-refractivity contribution in [1.29, 1.82) is 0 Å². The second-order valence-electron chi connectivity index (χ2n) is 6.56. The molecule has 0 aromatic heterocycles. The average molecular weight is 276 g/mol. The first kappa shape index (κ1) is 15.9. The number of nitrogens with two attached hydrogens (primary N) is 1. The first-order chi connectivity index (χ1) is 8.24. The molecule has 0 bridgehead atoms. The molecule has 1 unspecified atom stereocenters. The number of hydrogen-bond acceptors (Lipinski definition) is 3. The van der Waals surface area contributed by atoms with Gasteiger partial charge in [-0.2, -0.15) is 0 Å². The summed E-state index contributed by atoms with van der Waals surface area (Å²) in [5.74, 6) is 0.592. The Bertz CT molecular complexity index is 340. The van der Waals surface area contributed by atoms with Gasteiger partial charge in [0.1, 0.15) is 0 Å². The summed E-state index contributed by atoms with van der Waals surface area (Å²) in [4.78, 5) is 0. The minimum Gasteiger partial charge on any atom is -0.329 e. The van der Waals surface area contributed by atoms with Crippen LogP contribution in [-0.4, -0.2) is 26.8 Å². The van der Waals surface area contributed by atoms with E-state index < -0.39 is 10.0 Å². The molecule has 1 aliphatic rings. The predicted molar refractivity (Wildman–Crippen MR) is 75.8 cm³/mol. The van der Waals surface area contributed by atoms with Crippen LogP contribution in [0.25, 0.3) is 0 Å². The maximum atomic E-state index is 12.1. The molecule has 0 aromatic carbocycles. The third-order valence-electron chi connectivity index (χ3n) is 3.78. The summed E-state index contributed by atoms with van der Waals surface area (Å²) < 4.78 is 27.1. The normalized spacial score (nSPS) is 20.9. The zero-order valence-electron chi connectivity index (χ0n) is 11.9. The fourth-order valence-electron chi connectivity index (χ4n) is 2.51. The van der Waals surface area contributed by atoms with Crippen molar-refractivity contribution in [2.75, 3.05) is 12.3 Å². The summed E-state index contributed by atoms with van der Waals surface area (Å²) in [7, 11) is -3.21. The van der Waals surface area contributed by atoms with Gasteiger partial charge in [-0.15, -0.1) is 0 Å². The third kappa shape index (κ3) is 5.24. The molecule has 1 aliphatic carbocycles. The summed E-state index contributed by atoms with van der Waals surface area (Å²) in [5, 5.41) is 0. The zero-order valence-corrected chi connectivity index (χ0v) is 12.7. The van der Waals surface area contributed by atoms with Crippen molar-refractivity contribution < 1.29 is 8.42 Å². The van der Waals surface area contributed by atoms with Gasteiger partial charge in [-0.1, -0.05) is 40.0 Å². The highest BCUT2D eigenvalue weighted by Crippen LogP contribution is 2.25. The fraction of sp³-hybridized carbons (Fsp3) is 1.00. The van der Waals surface area contributed by atoms with E-state index in [0.29, 0.717) is 12.5 Å². The number of sulfonamides is 1. The van der Waals surface area contributed by atoms with E-state index in [0.717, 1.165) is 12.8 Å². The Morgan fingerprint density at radius 2 is 1.78 bits per heavy atom. The summed E-state index contributed by atoms with van der Waals surface area (Å²) >= 11 is 0. The van der Waals surface area contributed by atoms with Crippen molar-refractivity contribution in [2.45, 2.75) is 58.9 Å². The molecule has 1 saturated carbocycles. The molecule has 0 saturated heterocycles. The predicted octanol–water partition coefficient (Wildman–Crippen LogP) is 1.86. The first-order valence-electron chi connectivity index (χ1n) is 6.94. The number of nitrogens with one attached hydrogen (secondary N) is 1. The van der Waals surface area contributed by atoms with Gasteiger partial charge in [0.25, 0.3) is 0 Å². The van der Waals surface area contributed by atoms with E-state index in [-0.39, 0.29) is 17.2 Å². The van der Waals surface area contributed by atoms with E-state index in [2.05, 4.69) is 4.72 Å². The van der Waals surface area contributed by atoms with Gasteiger partial charge in [-0.3, -0.25) is 0 Å². The smallest absolute Gasteiger partial charge is 0.212 e. The summed E-state index contributed by atoms with van der Waals surface area (Å²) in [6.45, 7) is 6.36. The summed E-state index contributed by atoms with van der Waals surface area (Å²) in [5.41, 5.74) is 5.53. The molecule has 3 N–H and O–H groups in total. The monoisotopic (exact) mass is 276 g/mol. The highest BCUT2D eigenvalue weighted by atomic mass is 32.2. The minimum atomic E-state index is -3.21. The molecular formula is C13H28N2O2S. The molecule has 0 radical (unpaired) electrons. The molecule has 0 amide bonds. The molecule has 0 heterocycles. The Labute approximate surface area is 112 Å². The molecular weight excluding hydrogens is 248 g/mol. The van der Waals surface area contributed by atoms with Crippen LogP contribution >= 0.6 is 0 Å². The highest BCUT2D eigenvalue weighted by molar-refractivity contribution is 7.89. The molecule has 0 spiro atoms. The van der Waals surface area contributed by atoms with Gasteiger partial charge in [0, 0.05) is 12.6 Å². The Morgan fingerprint density at radius 1 is 1.22 bits per heavy atom. The van der Waals surface area contributed by atoms with Gasteiger partial charge in [-0.25, -0.2) is 13.1 Å². The van der Waals surface area contributed by atoms with Gasteiger partial charge >= 0.3 is 0 Å². The fourth-order valence-corrected chi connectivity index (χ4v) is 4.44. The van der Waals surface area contributed by atoms with E-state index >= 15 is 0 Å². The Morgan fingerprint density at radius 3 is 2.22 bits per heavy atom. The van der Waals surface area contributed by atoms with Crippen molar-refractivity contribution in [3.05, 3.63) is 0 Å². The third-order valence-corrected chi connectivity index (χ3v) is 5.34. The van der Waals surface area contributed by atoms with Gasteiger partial charge in [0.2, 0.25) is 10.0 Å². The van der Waals surface area contributed by atoms with Crippen LogP contribution in [-0.2, 0) is 10.0 Å². The van der Waals surface area contributed by atoms with Crippen LogP contribution in [0.15, 0.2) is 0 Å². The molecule has 4 nitrogen and oxygen atoms in total. The van der Waals surface area contributed by atoms with E-state index in [1.54, 1.807) is 0 Å². The largest absolute Gasteiger partial charge is 0.329 e. The van der Waals surface area contributed by atoms with Crippen molar-refractivity contribution >= 4 is 10.0 Å². The van der Waals surface area contributed by atoms with Crippen LogP contribution in [0.3, 0.4) is 0 Å². The summed E-state index contributed by atoms with van der Waals surface area (Å²) in [6.07, 6.45) is 5.67. The van der Waals surface area contributed by atoms with Crippen molar-refractivity contribution in [3.8, 4) is 0 Å². The van der Waals surface area contributed by atoms with Gasteiger partial charge in [0.15, 0.2) is 0 Å². The van der Waals surface area contributed by atoms with Crippen LogP contribution in [0.4, 0.5) is 0 Å². The molecule has 1 atom stereocenters. The SMILES string of the molecule is CC(C)(C)C(CN)NS(=O)(=O)CC1CCCCC1. The van der Waals surface area contributed by atoms with E-state index in [4.69, 9.17) is 5.73 Å². The molecule has 1 rings (SSSR count). The Balaban J connectivity index is 2.57. The van der Waals surface area contributed by atoms with Gasteiger partial charge in [0.05, 0.1) is 5.75 Å². The second kappa shape index (κ2) is 6.35. The highest BCUT2D eigenvalue weighted by Gasteiger charge is 2.29. The molecule has 18 heavy (non-hydrogen) atoms. The van der Waals surface area contributed by atoms with Gasteiger partial charge in [-0.05, 0) is 24.2 Å². The van der Waals surface area contributed by atoms with Gasteiger partial charge < -0.3 is 5.73 Å². The van der Waals surface area contributed by atoms with Crippen LogP contribution < -0.4 is 10.5 Å². The molecule has 0 aliphatic heterocycles. The summed E-state index contributed by atoms with van der Waals surface area (Å²) in [6, 6.07) is -0.189. The maximum Gasteiger partial charge on any atom is 0.212 e. The van der Waals surface area contributed by atoms with E-state index in [1.165, 1.54) is 19.3 Å². The lowest BCUT2D eigenvalue weighted by Crippen LogP contribution is -2.49. The molecule has 1 fully saturated rings. The average Bonchev–Trinajstić information content (AvgIpc) is 2.25. The Kier molecular flexibility index (Phi) is 5.62. The first-order valence-corrected chi connectivity index (χ1v) is 8.60. The lowest BCUT2D eigenvalue weighted by Gasteiger charge is -2.31. The zero-order chi connectivity index (χ0) is 13.8. The number of rotatable bonds is 5. The second-order valence-corrected chi connectivity index (χ2v) is 8.36. The lowest BCUT2D eigenvalue weighted by atomic mass is 9.88. The quantitative estimate of drug-likeness (QED) is 0.805. The van der Waals surface area contributed by atoms with Crippen molar-refractivity contribution in [1.82, 2.24) is 4.72 Å². The molecule has 108 valence electrons. The van der Waals surface area contributed by atoms with Crippen LogP contribution in [0, 0.1) is 11.3 Å². The number of hydrogen-bond donors (Lipinski definition) is 2. The van der Waals surface area contributed by atoms with Crippen LogP contribution in [0.2, 0.25) is 0 Å². The van der Waals surface area contributed by atoms with E-state index in [9.17, 15) is 8.42 Å². The molecule has 5 heteroatoms. The standard InChI is InChI=1S/C13H28N2O2S/c1-13(2,3)12(9-14)15-18(16,17)10-11-7-5-4-6-8-11/h11-12,15H,4-10,14H2,1-3H3.